The largest absolute Gasteiger partial charge is 0.504 e. The Morgan fingerprint density at radius 1 is 1.12 bits per heavy atom. The van der Waals surface area contributed by atoms with Crippen molar-refractivity contribution < 1.29 is 9.84 Å². The monoisotopic (exact) mass is 344 g/mol. The average Bonchev–Trinajstić information content (AvgIpc) is 3.03. The highest BCUT2D eigenvalue weighted by atomic mass is 16.5. The van der Waals surface area contributed by atoms with E-state index in [9.17, 15) is 14.7 Å². The number of phenolic OH excluding ortho intramolecular Hbond substituents is 1. The summed E-state index contributed by atoms with van der Waals surface area (Å²) in [6, 6.07) is 6.82. The second-order valence-electron chi connectivity index (χ2n) is 5.84. The molecule has 0 saturated carbocycles. The van der Waals surface area contributed by atoms with Gasteiger partial charge in [-0.2, -0.15) is 0 Å². The number of ether oxygens (including phenoxy) is 1. The van der Waals surface area contributed by atoms with Gasteiger partial charge < -0.3 is 14.4 Å². The van der Waals surface area contributed by atoms with Gasteiger partial charge in [0, 0.05) is 20.6 Å². The van der Waals surface area contributed by atoms with E-state index in [0.29, 0.717) is 30.1 Å². The molecule has 25 heavy (non-hydrogen) atoms. The lowest BCUT2D eigenvalue weighted by atomic mass is 10.3. The van der Waals surface area contributed by atoms with E-state index in [-0.39, 0.29) is 17.0 Å². The van der Waals surface area contributed by atoms with Crippen LogP contribution >= 0.6 is 0 Å². The topological polar surface area (TPSA) is 91.3 Å². The van der Waals surface area contributed by atoms with Crippen molar-refractivity contribution in [3.8, 4) is 11.5 Å². The first kappa shape index (κ1) is 16.8. The summed E-state index contributed by atoms with van der Waals surface area (Å²) >= 11 is 0. The highest BCUT2D eigenvalue weighted by Gasteiger charge is 2.13. The van der Waals surface area contributed by atoms with Gasteiger partial charge in [-0.15, -0.1) is 0 Å². The molecule has 132 valence electrons. The van der Waals surface area contributed by atoms with Gasteiger partial charge in [0.25, 0.3) is 5.56 Å². The zero-order valence-corrected chi connectivity index (χ0v) is 14.2. The lowest BCUT2D eigenvalue weighted by Gasteiger charge is -2.08. The molecule has 8 nitrogen and oxygen atoms in total. The van der Waals surface area contributed by atoms with E-state index in [1.165, 1.54) is 11.6 Å². The smallest absolute Gasteiger partial charge is 0.332 e. The Hall–Kier alpha value is -3.03. The number of fused-ring (bicyclic) bond motifs is 1. The highest BCUT2D eigenvalue weighted by Crippen LogP contribution is 2.24. The van der Waals surface area contributed by atoms with Crippen LogP contribution in [-0.2, 0) is 20.6 Å². The first-order chi connectivity index (χ1) is 12.0. The molecular weight excluding hydrogens is 324 g/mol. The molecule has 0 radical (unpaired) electrons. The van der Waals surface area contributed by atoms with E-state index in [4.69, 9.17) is 4.74 Å². The van der Waals surface area contributed by atoms with Crippen molar-refractivity contribution in [3.63, 3.8) is 0 Å². The summed E-state index contributed by atoms with van der Waals surface area (Å²) in [6.07, 6.45) is 3.10. The van der Waals surface area contributed by atoms with Crippen molar-refractivity contribution in [1.29, 1.82) is 0 Å². The van der Waals surface area contributed by atoms with Crippen molar-refractivity contribution >= 4 is 11.2 Å². The van der Waals surface area contributed by atoms with Crippen molar-refractivity contribution in [2.75, 3.05) is 6.61 Å². The van der Waals surface area contributed by atoms with Gasteiger partial charge in [-0.3, -0.25) is 13.9 Å². The number of rotatable bonds is 6. The molecule has 0 bridgehead atoms. The predicted octanol–water partition coefficient (Wildman–Crippen LogP) is 0.998. The number of aromatic hydroxyl groups is 1. The maximum Gasteiger partial charge on any atom is 0.332 e. The molecule has 0 atom stereocenters. The molecule has 8 heteroatoms. The second kappa shape index (κ2) is 6.84. The highest BCUT2D eigenvalue weighted by molar-refractivity contribution is 5.69. The number of para-hydroxylation sites is 2. The van der Waals surface area contributed by atoms with Crippen LogP contribution in [0.5, 0.6) is 11.5 Å². The van der Waals surface area contributed by atoms with Crippen LogP contribution in [-0.4, -0.2) is 30.4 Å². The molecule has 0 saturated heterocycles. The van der Waals surface area contributed by atoms with E-state index in [0.717, 1.165) is 17.4 Å². The molecule has 1 N–H and O–H groups in total. The number of unbranched alkanes of at least 4 members (excludes halogenated alkanes) is 1. The van der Waals surface area contributed by atoms with E-state index in [1.54, 1.807) is 42.2 Å². The number of aromatic nitrogens is 4. The van der Waals surface area contributed by atoms with Gasteiger partial charge >= 0.3 is 5.69 Å². The molecule has 0 unspecified atom stereocenters. The standard InChI is InChI=1S/C17H20N4O4/c1-19-15-14(16(23)20(2)17(19)24)21(11-18-15)9-5-6-10-25-13-8-4-3-7-12(13)22/h3-4,7-8,11,22H,5-6,9-10H2,1-2H3. The molecule has 0 spiro atoms. The van der Waals surface area contributed by atoms with E-state index in [2.05, 4.69) is 4.98 Å². The number of hydrogen-bond donors (Lipinski definition) is 1. The Labute approximate surface area is 143 Å². The summed E-state index contributed by atoms with van der Waals surface area (Å²) in [4.78, 5) is 28.4. The normalized spacial score (nSPS) is 11.1. The summed E-state index contributed by atoms with van der Waals surface area (Å²) in [5, 5.41) is 9.64. The summed E-state index contributed by atoms with van der Waals surface area (Å²) < 4.78 is 9.75. The molecule has 0 amide bonds. The average molecular weight is 344 g/mol. The number of hydrogen-bond acceptors (Lipinski definition) is 5. The second-order valence-corrected chi connectivity index (χ2v) is 5.84. The minimum absolute atomic E-state index is 0.118. The molecule has 2 aromatic heterocycles. The molecule has 3 aromatic rings. The van der Waals surface area contributed by atoms with Crippen LogP contribution in [0.25, 0.3) is 11.2 Å². The van der Waals surface area contributed by atoms with Crippen LogP contribution in [0.1, 0.15) is 12.8 Å². The van der Waals surface area contributed by atoms with E-state index in [1.807, 2.05) is 0 Å². The van der Waals surface area contributed by atoms with Crippen LogP contribution in [0.3, 0.4) is 0 Å². The minimum atomic E-state index is -0.390. The van der Waals surface area contributed by atoms with Crippen molar-refractivity contribution in [3.05, 3.63) is 51.4 Å². The Morgan fingerprint density at radius 2 is 1.88 bits per heavy atom. The molecule has 1 aromatic carbocycles. The molecular formula is C17H20N4O4. The maximum absolute atomic E-state index is 12.3. The van der Waals surface area contributed by atoms with Crippen molar-refractivity contribution in [1.82, 2.24) is 18.7 Å². The van der Waals surface area contributed by atoms with Crippen LogP contribution in [0, 0.1) is 0 Å². The SMILES string of the molecule is Cn1c(=O)c2c(ncn2CCCCOc2ccccc2O)n(C)c1=O. The maximum atomic E-state index is 12.3. The number of imidazole rings is 1. The van der Waals surface area contributed by atoms with Crippen molar-refractivity contribution in [2.45, 2.75) is 19.4 Å². The zero-order chi connectivity index (χ0) is 18.0. The third-order valence-electron chi connectivity index (χ3n) is 4.13. The number of nitrogens with zero attached hydrogens (tertiary/aromatic N) is 4. The fraction of sp³-hybridized carbons (Fsp3) is 0.353. The fourth-order valence-corrected chi connectivity index (χ4v) is 2.71. The number of benzene rings is 1. The zero-order valence-electron chi connectivity index (χ0n) is 14.2. The van der Waals surface area contributed by atoms with Gasteiger partial charge in [-0.25, -0.2) is 9.78 Å². The molecule has 3 rings (SSSR count). The summed E-state index contributed by atoms with van der Waals surface area (Å²) in [5.41, 5.74) is 0.0738. The molecule has 0 aliphatic rings. The van der Waals surface area contributed by atoms with Gasteiger partial charge in [0.15, 0.2) is 22.7 Å². The van der Waals surface area contributed by atoms with Gasteiger partial charge in [0.05, 0.1) is 12.9 Å². The molecule has 0 fully saturated rings. The Morgan fingerprint density at radius 3 is 2.64 bits per heavy atom. The number of aryl methyl sites for hydroxylation is 2. The lowest BCUT2D eigenvalue weighted by molar-refractivity contribution is 0.288. The predicted molar refractivity (Wildman–Crippen MR) is 93.1 cm³/mol. The fourth-order valence-electron chi connectivity index (χ4n) is 2.71. The summed E-state index contributed by atoms with van der Waals surface area (Å²) in [7, 11) is 3.06. The van der Waals surface area contributed by atoms with Crippen LogP contribution < -0.4 is 16.0 Å². The molecule has 0 aliphatic carbocycles. The van der Waals surface area contributed by atoms with Gasteiger partial charge in [0.2, 0.25) is 0 Å². The number of phenols is 1. The summed E-state index contributed by atoms with van der Waals surface area (Å²) in [6.45, 7) is 1.05. The molecule has 2 heterocycles. The third kappa shape index (κ3) is 3.15. The van der Waals surface area contributed by atoms with E-state index >= 15 is 0 Å². The van der Waals surface area contributed by atoms with Crippen LogP contribution in [0.15, 0.2) is 40.2 Å². The van der Waals surface area contributed by atoms with Gasteiger partial charge in [-0.1, -0.05) is 12.1 Å². The Kier molecular flexibility index (Phi) is 4.60. The van der Waals surface area contributed by atoms with Gasteiger partial charge in [-0.05, 0) is 25.0 Å². The summed E-state index contributed by atoms with van der Waals surface area (Å²) in [5.74, 6) is 0.576. The van der Waals surface area contributed by atoms with Crippen LogP contribution in [0.4, 0.5) is 0 Å². The molecule has 0 aliphatic heterocycles. The van der Waals surface area contributed by atoms with Crippen LogP contribution in [0.2, 0.25) is 0 Å². The first-order valence-electron chi connectivity index (χ1n) is 8.02. The Bertz CT molecular complexity index is 1020. The van der Waals surface area contributed by atoms with Gasteiger partial charge in [0.1, 0.15) is 0 Å². The van der Waals surface area contributed by atoms with E-state index < -0.39 is 0 Å². The Balaban J connectivity index is 1.66. The first-order valence-corrected chi connectivity index (χ1v) is 8.02. The minimum Gasteiger partial charge on any atom is -0.504 e. The lowest BCUT2D eigenvalue weighted by Crippen LogP contribution is -2.37. The quantitative estimate of drug-likeness (QED) is 0.674. The third-order valence-corrected chi connectivity index (χ3v) is 4.13. The van der Waals surface area contributed by atoms with Crippen molar-refractivity contribution in [2.24, 2.45) is 14.1 Å².